The zero-order chi connectivity index (χ0) is 31.5. The number of amidine groups is 1. The Bertz CT molecular complexity index is 1450. The van der Waals surface area contributed by atoms with E-state index in [4.69, 9.17) is 27.9 Å². The van der Waals surface area contributed by atoms with E-state index in [0.29, 0.717) is 30.1 Å². The summed E-state index contributed by atoms with van der Waals surface area (Å²) in [7, 11) is -3.27. The molecule has 1 aliphatic rings. The summed E-state index contributed by atoms with van der Waals surface area (Å²) < 4.78 is 71.6. The number of ether oxygens (including phenoxy) is 1. The molecule has 0 fully saturated rings. The van der Waals surface area contributed by atoms with Crippen molar-refractivity contribution >= 4 is 51.1 Å². The van der Waals surface area contributed by atoms with Gasteiger partial charge in [0.05, 0.1) is 23.1 Å². The third kappa shape index (κ3) is 8.82. The molecular weight excluding hydrogens is 620 g/mol. The molecule has 0 aromatic heterocycles. The average molecular weight is 652 g/mol. The molecule has 0 radical (unpaired) electrons. The number of carbonyl (C=O) groups excluding carboxylic acids is 2. The van der Waals surface area contributed by atoms with Gasteiger partial charge in [-0.1, -0.05) is 53.5 Å². The molecule has 9 nitrogen and oxygen atoms in total. The van der Waals surface area contributed by atoms with Crippen molar-refractivity contribution in [2.75, 3.05) is 33.2 Å². The lowest BCUT2D eigenvalue weighted by atomic mass is 10.1. The van der Waals surface area contributed by atoms with Crippen LogP contribution in [0, 0.1) is 0 Å². The molecule has 0 aliphatic carbocycles. The Morgan fingerprint density at radius 2 is 1.71 bits per heavy atom. The smallest absolute Gasteiger partial charge is 0.416 e. The van der Waals surface area contributed by atoms with Crippen molar-refractivity contribution < 1.29 is 35.9 Å². The van der Waals surface area contributed by atoms with Crippen LogP contribution >= 0.6 is 23.2 Å². The third-order valence-corrected chi connectivity index (χ3v) is 8.80. The van der Waals surface area contributed by atoms with Gasteiger partial charge in [0.25, 0.3) is 0 Å². The normalized spacial score (nSPS) is 14.2. The monoisotopic (exact) mass is 650 g/mol. The molecule has 0 bridgehead atoms. The summed E-state index contributed by atoms with van der Waals surface area (Å²) in [4.78, 5) is 31.9. The Balaban J connectivity index is 1.67. The van der Waals surface area contributed by atoms with Gasteiger partial charge in [-0.2, -0.15) is 17.5 Å². The number of amides is 2. The summed E-state index contributed by atoms with van der Waals surface area (Å²) in [6, 6.07) is 10.5. The fourth-order valence-electron chi connectivity index (χ4n) is 4.03. The Morgan fingerprint density at radius 3 is 2.31 bits per heavy atom. The van der Waals surface area contributed by atoms with Crippen LogP contribution in [0.1, 0.15) is 38.3 Å². The molecule has 0 unspecified atom stereocenters. The molecule has 0 atom stereocenters. The van der Waals surface area contributed by atoms with Crippen molar-refractivity contribution in [1.82, 2.24) is 14.1 Å². The summed E-state index contributed by atoms with van der Waals surface area (Å²) in [5.74, 6) is -0.110. The molecule has 0 N–H and O–H groups in total. The lowest BCUT2D eigenvalue weighted by Gasteiger charge is -2.25. The van der Waals surface area contributed by atoms with Crippen LogP contribution in [0.2, 0.25) is 10.0 Å². The van der Waals surface area contributed by atoms with Crippen molar-refractivity contribution in [3.05, 3.63) is 63.6 Å². The van der Waals surface area contributed by atoms with Crippen molar-refractivity contribution in [2.45, 2.75) is 50.4 Å². The molecular formula is C27H31Cl2F3N4O5S. The van der Waals surface area contributed by atoms with Crippen LogP contribution in [0.3, 0.4) is 0 Å². The first-order chi connectivity index (χ1) is 19.4. The maximum absolute atomic E-state index is 13.3. The van der Waals surface area contributed by atoms with Crippen LogP contribution in [0.25, 0.3) is 0 Å². The number of sulfonamides is 1. The SMILES string of the molecule is CN(Cc1ccc(C2=NCCN2C(=O)OC(C)(C)C)cc1)C(=O)CCN(CC(F)(F)F)S(=O)(=O)c1cccc(Cl)c1Cl. The lowest BCUT2D eigenvalue weighted by molar-refractivity contribution is -0.139. The Morgan fingerprint density at radius 1 is 1.07 bits per heavy atom. The van der Waals surface area contributed by atoms with Crippen LogP contribution in [0.4, 0.5) is 18.0 Å². The highest BCUT2D eigenvalue weighted by Gasteiger charge is 2.38. The number of hydrogen-bond donors (Lipinski definition) is 0. The van der Waals surface area contributed by atoms with Crippen molar-refractivity contribution in [1.29, 1.82) is 0 Å². The first-order valence-electron chi connectivity index (χ1n) is 12.8. The van der Waals surface area contributed by atoms with Crippen molar-refractivity contribution in [3.8, 4) is 0 Å². The zero-order valence-corrected chi connectivity index (χ0v) is 25.7. The van der Waals surface area contributed by atoms with E-state index < -0.39 is 63.2 Å². The van der Waals surface area contributed by atoms with E-state index >= 15 is 0 Å². The number of benzene rings is 2. The number of carbonyl (C=O) groups is 2. The molecule has 3 rings (SSSR count). The first-order valence-corrected chi connectivity index (χ1v) is 15.0. The van der Waals surface area contributed by atoms with E-state index in [2.05, 4.69) is 4.99 Å². The lowest BCUT2D eigenvalue weighted by Crippen LogP contribution is -2.41. The number of alkyl halides is 3. The topological polar surface area (TPSA) is 99.6 Å². The molecule has 230 valence electrons. The van der Waals surface area contributed by atoms with Crippen LogP contribution in [-0.2, 0) is 26.1 Å². The van der Waals surface area contributed by atoms with Gasteiger partial charge in [-0.25, -0.2) is 13.2 Å². The summed E-state index contributed by atoms with van der Waals surface area (Å²) >= 11 is 11.8. The second kappa shape index (κ2) is 13.2. The fraction of sp³-hybridized carbons (Fsp3) is 0.444. The second-order valence-corrected chi connectivity index (χ2v) is 13.2. The highest BCUT2D eigenvalue weighted by atomic mass is 35.5. The number of hydrogen-bond acceptors (Lipinski definition) is 6. The predicted molar refractivity (Wildman–Crippen MR) is 153 cm³/mol. The van der Waals surface area contributed by atoms with E-state index in [9.17, 15) is 31.2 Å². The Hall–Kier alpha value is -2.87. The highest BCUT2D eigenvalue weighted by Crippen LogP contribution is 2.32. The molecule has 2 aromatic rings. The van der Waals surface area contributed by atoms with Gasteiger partial charge in [0.2, 0.25) is 15.9 Å². The molecule has 2 amide bonds. The molecule has 0 saturated heterocycles. The van der Waals surface area contributed by atoms with Gasteiger partial charge < -0.3 is 9.64 Å². The van der Waals surface area contributed by atoms with E-state index in [1.165, 1.54) is 29.0 Å². The Labute approximate surface area is 252 Å². The average Bonchev–Trinajstić information content (AvgIpc) is 3.37. The van der Waals surface area contributed by atoms with Crippen LogP contribution < -0.4 is 0 Å². The van der Waals surface area contributed by atoms with Gasteiger partial charge in [-0.3, -0.25) is 14.7 Å². The molecule has 0 spiro atoms. The highest BCUT2D eigenvalue weighted by molar-refractivity contribution is 7.89. The summed E-state index contributed by atoms with van der Waals surface area (Å²) in [5.41, 5.74) is 0.702. The predicted octanol–water partition coefficient (Wildman–Crippen LogP) is 5.59. The molecule has 0 saturated carbocycles. The first kappa shape index (κ1) is 33.6. The third-order valence-electron chi connectivity index (χ3n) is 5.98. The number of nitrogens with zero attached hydrogens (tertiary/aromatic N) is 4. The molecule has 42 heavy (non-hydrogen) atoms. The molecule has 1 heterocycles. The quantitative estimate of drug-likeness (QED) is 0.352. The molecule has 2 aromatic carbocycles. The number of halogens is 5. The van der Waals surface area contributed by atoms with Gasteiger partial charge in [0.15, 0.2) is 0 Å². The van der Waals surface area contributed by atoms with Gasteiger partial charge in [0, 0.05) is 32.1 Å². The molecule has 15 heteroatoms. The summed E-state index contributed by atoms with van der Waals surface area (Å²) in [6.07, 6.45) is -5.88. The fourth-order valence-corrected chi connectivity index (χ4v) is 6.19. The zero-order valence-electron chi connectivity index (χ0n) is 23.4. The van der Waals surface area contributed by atoms with Crippen LogP contribution in [0.15, 0.2) is 52.4 Å². The van der Waals surface area contributed by atoms with Gasteiger partial charge >= 0.3 is 12.3 Å². The van der Waals surface area contributed by atoms with Gasteiger partial charge in [-0.05, 0) is 38.5 Å². The summed E-state index contributed by atoms with van der Waals surface area (Å²) in [6.45, 7) is 3.69. The minimum absolute atomic E-state index is 0.105. The minimum Gasteiger partial charge on any atom is -0.443 e. The largest absolute Gasteiger partial charge is 0.443 e. The standard InChI is InChI=1S/C27H31Cl2F3N4O5S/c1-26(2,3)41-25(38)36-15-13-33-24(36)19-10-8-18(9-11-19)16-34(4)22(37)12-14-35(17-27(30,31)32)42(39,40)21-7-5-6-20(28)23(21)29/h5-11H,12-17H2,1-4H3. The van der Waals surface area contributed by atoms with E-state index in [-0.39, 0.29) is 15.9 Å². The van der Waals surface area contributed by atoms with Crippen molar-refractivity contribution in [3.63, 3.8) is 0 Å². The van der Waals surface area contributed by atoms with E-state index in [1.54, 1.807) is 45.0 Å². The second-order valence-electron chi connectivity index (χ2n) is 10.5. The van der Waals surface area contributed by atoms with Crippen LogP contribution in [-0.4, -0.2) is 85.4 Å². The number of aliphatic imine (C=N–C) groups is 1. The Kier molecular flexibility index (Phi) is 10.6. The van der Waals surface area contributed by atoms with Crippen LogP contribution in [0.5, 0.6) is 0 Å². The van der Waals surface area contributed by atoms with Gasteiger partial charge in [-0.15, -0.1) is 0 Å². The maximum Gasteiger partial charge on any atom is 0.416 e. The summed E-state index contributed by atoms with van der Waals surface area (Å²) in [5, 5.41) is -0.542. The maximum atomic E-state index is 13.3. The minimum atomic E-state index is -4.86. The molecule has 1 aliphatic heterocycles. The van der Waals surface area contributed by atoms with Crippen molar-refractivity contribution in [2.24, 2.45) is 4.99 Å². The van der Waals surface area contributed by atoms with Gasteiger partial charge in [0.1, 0.15) is 22.9 Å². The van der Waals surface area contributed by atoms with E-state index in [0.717, 1.165) is 6.07 Å². The number of rotatable bonds is 9. The van der Waals surface area contributed by atoms with E-state index in [1.807, 2.05) is 0 Å².